The molecule has 0 atom stereocenters. The van der Waals surface area contributed by atoms with Gasteiger partial charge in [0, 0.05) is 24.9 Å². The largest absolute Gasteiger partial charge is 0.367 e. The lowest BCUT2D eigenvalue weighted by atomic mass is 10.3. The zero-order valence-electron chi connectivity index (χ0n) is 8.23. The highest BCUT2D eigenvalue weighted by molar-refractivity contribution is 5.23. The Bertz CT molecular complexity index is 430. The molecule has 0 saturated heterocycles. The number of nitrogens with zero attached hydrogens (tertiary/aromatic N) is 2. The minimum absolute atomic E-state index is 0.512. The normalized spacial score (nSPS) is 15.5. The van der Waals surface area contributed by atoms with Crippen molar-refractivity contribution in [3.63, 3.8) is 0 Å². The summed E-state index contributed by atoms with van der Waals surface area (Å²) in [6.45, 7) is 0.704. The second-order valence-corrected chi connectivity index (χ2v) is 3.80. The van der Waals surface area contributed by atoms with Gasteiger partial charge in [0.1, 0.15) is 0 Å². The van der Waals surface area contributed by atoms with E-state index in [0.29, 0.717) is 18.5 Å². The van der Waals surface area contributed by atoms with E-state index in [4.69, 9.17) is 4.52 Å². The molecule has 0 amide bonds. The molecule has 5 nitrogen and oxygen atoms in total. The van der Waals surface area contributed by atoms with Crippen LogP contribution in [-0.2, 0) is 6.54 Å². The maximum atomic E-state index is 5.08. The van der Waals surface area contributed by atoms with E-state index in [9.17, 15) is 0 Å². The molecule has 2 heterocycles. The van der Waals surface area contributed by atoms with Gasteiger partial charge in [-0.3, -0.25) is 0 Å². The maximum Gasteiger partial charge on any atom is 0.321 e. The van der Waals surface area contributed by atoms with Crippen LogP contribution < -0.4 is 5.32 Å². The number of nitrogens with one attached hydrogen (secondary N) is 2. The van der Waals surface area contributed by atoms with Crippen LogP contribution in [0.15, 0.2) is 23.0 Å². The molecule has 15 heavy (non-hydrogen) atoms. The van der Waals surface area contributed by atoms with E-state index in [2.05, 4.69) is 20.4 Å². The summed E-state index contributed by atoms with van der Waals surface area (Å²) < 4.78 is 5.08. The summed E-state index contributed by atoms with van der Waals surface area (Å²) in [5.41, 5.74) is 1.17. The van der Waals surface area contributed by atoms with Crippen molar-refractivity contribution in [2.45, 2.75) is 25.3 Å². The van der Waals surface area contributed by atoms with E-state index >= 15 is 0 Å². The Labute approximate surface area is 86.9 Å². The lowest BCUT2D eigenvalue weighted by Gasteiger charge is -1.96. The first kappa shape index (κ1) is 8.52. The Kier molecular flexibility index (Phi) is 1.94. The molecule has 1 fully saturated rings. The highest BCUT2D eigenvalue weighted by atomic mass is 16.5. The van der Waals surface area contributed by atoms with E-state index in [0.717, 1.165) is 5.82 Å². The summed E-state index contributed by atoms with van der Waals surface area (Å²) in [7, 11) is 0. The molecule has 2 N–H and O–H groups in total. The fourth-order valence-corrected chi connectivity index (χ4v) is 1.46. The molecule has 0 unspecified atom stereocenters. The maximum absolute atomic E-state index is 5.08. The minimum atomic E-state index is 0.512. The lowest BCUT2D eigenvalue weighted by molar-refractivity contribution is 0.422. The van der Waals surface area contributed by atoms with Gasteiger partial charge < -0.3 is 14.8 Å². The molecule has 0 bridgehead atoms. The molecule has 3 rings (SSSR count). The number of hydrogen-bond acceptors (Lipinski definition) is 4. The van der Waals surface area contributed by atoms with Gasteiger partial charge in [-0.2, -0.15) is 4.98 Å². The van der Waals surface area contributed by atoms with E-state index in [1.165, 1.54) is 18.4 Å². The summed E-state index contributed by atoms with van der Waals surface area (Å²) in [5, 5.41) is 7.01. The van der Waals surface area contributed by atoms with Gasteiger partial charge in [-0.15, -0.1) is 0 Å². The topological polar surface area (TPSA) is 66.7 Å². The van der Waals surface area contributed by atoms with E-state index in [-0.39, 0.29) is 0 Å². The molecule has 1 saturated carbocycles. The van der Waals surface area contributed by atoms with Crippen LogP contribution in [0.5, 0.6) is 0 Å². The van der Waals surface area contributed by atoms with Crippen molar-refractivity contribution in [3.8, 4) is 0 Å². The number of anilines is 1. The highest BCUT2D eigenvalue weighted by Gasteiger charge is 2.28. The fraction of sp³-hybridized carbons (Fsp3) is 0.400. The van der Waals surface area contributed by atoms with Crippen molar-refractivity contribution in [3.05, 3.63) is 29.8 Å². The van der Waals surface area contributed by atoms with Crippen molar-refractivity contribution in [2.24, 2.45) is 0 Å². The van der Waals surface area contributed by atoms with Gasteiger partial charge in [0.15, 0.2) is 5.82 Å². The second kappa shape index (κ2) is 3.42. The molecule has 2 aromatic rings. The van der Waals surface area contributed by atoms with Gasteiger partial charge >= 0.3 is 6.01 Å². The van der Waals surface area contributed by atoms with Crippen molar-refractivity contribution < 1.29 is 4.52 Å². The Balaban J connectivity index is 1.61. The molecule has 0 aromatic carbocycles. The zero-order valence-corrected chi connectivity index (χ0v) is 8.23. The van der Waals surface area contributed by atoms with Crippen molar-refractivity contribution in [1.29, 1.82) is 0 Å². The summed E-state index contributed by atoms with van der Waals surface area (Å²) >= 11 is 0. The van der Waals surface area contributed by atoms with Gasteiger partial charge in [0.2, 0.25) is 0 Å². The first-order valence-corrected chi connectivity index (χ1v) is 5.11. The van der Waals surface area contributed by atoms with Crippen LogP contribution in [-0.4, -0.2) is 15.1 Å². The SMILES string of the molecule is c1cc(CNc2nc(C3CC3)no2)c[nH]1. The van der Waals surface area contributed by atoms with Gasteiger partial charge in [-0.05, 0) is 24.5 Å². The third kappa shape index (κ3) is 1.86. The van der Waals surface area contributed by atoms with Gasteiger partial charge in [0.05, 0.1) is 0 Å². The van der Waals surface area contributed by atoms with Crippen LogP contribution in [0.25, 0.3) is 0 Å². The van der Waals surface area contributed by atoms with Crippen molar-refractivity contribution in [2.75, 3.05) is 5.32 Å². The standard InChI is InChI=1S/C10H12N4O/c1-2-8(1)9-13-10(15-14-9)12-6-7-3-4-11-5-7/h3-5,8,11H,1-2,6H2,(H,12,13,14). The summed E-state index contributed by atoms with van der Waals surface area (Å²) in [6, 6.07) is 2.52. The van der Waals surface area contributed by atoms with E-state index in [1.807, 2.05) is 18.5 Å². The summed E-state index contributed by atoms with van der Waals surface area (Å²) in [6.07, 6.45) is 6.21. The quantitative estimate of drug-likeness (QED) is 0.798. The number of rotatable bonds is 4. The smallest absolute Gasteiger partial charge is 0.321 e. The van der Waals surface area contributed by atoms with Crippen LogP contribution >= 0.6 is 0 Å². The zero-order chi connectivity index (χ0) is 10.1. The monoisotopic (exact) mass is 204 g/mol. The average Bonchev–Trinajstić information content (AvgIpc) is 2.82. The van der Waals surface area contributed by atoms with Crippen LogP contribution in [0.1, 0.15) is 30.1 Å². The van der Waals surface area contributed by atoms with Crippen molar-refractivity contribution in [1.82, 2.24) is 15.1 Å². The Hall–Kier alpha value is -1.78. The molecule has 5 heteroatoms. The number of aromatic nitrogens is 3. The van der Waals surface area contributed by atoms with Crippen LogP contribution in [0.2, 0.25) is 0 Å². The van der Waals surface area contributed by atoms with Crippen LogP contribution in [0, 0.1) is 0 Å². The molecular weight excluding hydrogens is 192 g/mol. The van der Waals surface area contributed by atoms with Gasteiger partial charge in [-0.1, -0.05) is 5.16 Å². The molecule has 0 spiro atoms. The predicted molar refractivity (Wildman–Crippen MR) is 54.4 cm³/mol. The molecule has 1 aliphatic carbocycles. The molecular formula is C10H12N4O. The lowest BCUT2D eigenvalue weighted by Crippen LogP contribution is -1.98. The number of H-pyrrole nitrogens is 1. The number of hydrogen-bond donors (Lipinski definition) is 2. The third-order valence-corrected chi connectivity index (χ3v) is 2.49. The van der Waals surface area contributed by atoms with E-state index < -0.39 is 0 Å². The number of aromatic amines is 1. The van der Waals surface area contributed by atoms with E-state index in [1.54, 1.807) is 0 Å². The molecule has 0 aliphatic heterocycles. The highest BCUT2D eigenvalue weighted by Crippen LogP contribution is 2.38. The molecule has 2 aromatic heterocycles. The van der Waals surface area contributed by atoms with Crippen molar-refractivity contribution >= 4 is 6.01 Å². The predicted octanol–water partition coefficient (Wildman–Crippen LogP) is 1.89. The first-order chi connectivity index (χ1) is 7.42. The average molecular weight is 204 g/mol. The van der Waals surface area contributed by atoms with Gasteiger partial charge in [0.25, 0.3) is 0 Å². The second-order valence-electron chi connectivity index (χ2n) is 3.80. The third-order valence-electron chi connectivity index (χ3n) is 2.49. The van der Waals surface area contributed by atoms with Gasteiger partial charge in [-0.25, -0.2) is 0 Å². The fourth-order valence-electron chi connectivity index (χ4n) is 1.46. The molecule has 78 valence electrons. The summed E-state index contributed by atoms with van der Waals surface area (Å²) in [4.78, 5) is 7.27. The Morgan fingerprint density at radius 3 is 3.20 bits per heavy atom. The van der Waals surface area contributed by atoms with Crippen LogP contribution in [0.3, 0.4) is 0 Å². The van der Waals surface area contributed by atoms with Crippen LogP contribution in [0.4, 0.5) is 6.01 Å². The first-order valence-electron chi connectivity index (χ1n) is 5.11. The molecule has 1 aliphatic rings. The minimum Gasteiger partial charge on any atom is -0.367 e. The Morgan fingerprint density at radius 1 is 1.53 bits per heavy atom. The Morgan fingerprint density at radius 2 is 2.47 bits per heavy atom. The summed E-state index contributed by atoms with van der Waals surface area (Å²) in [5.74, 6) is 1.38. The molecule has 0 radical (unpaired) electrons.